The lowest BCUT2D eigenvalue weighted by molar-refractivity contribution is 1.26. The summed E-state index contributed by atoms with van der Waals surface area (Å²) in [7, 11) is 0. The second-order valence-electron chi connectivity index (χ2n) is 4.70. The summed E-state index contributed by atoms with van der Waals surface area (Å²) in [6.07, 6.45) is 5.20. The highest BCUT2D eigenvalue weighted by atomic mass is 15.0. The highest BCUT2D eigenvalue weighted by Gasteiger charge is 2.10. The number of aryl methyl sites for hydroxylation is 1. The van der Waals surface area contributed by atoms with Crippen molar-refractivity contribution >= 4 is 22.2 Å². The fourth-order valence-corrected chi connectivity index (χ4v) is 2.32. The van der Waals surface area contributed by atoms with Crippen molar-refractivity contribution in [3.63, 3.8) is 0 Å². The quantitative estimate of drug-likeness (QED) is 0.572. The van der Waals surface area contributed by atoms with Crippen LogP contribution in [0.1, 0.15) is 5.56 Å². The Morgan fingerprint density at radius 2 is 1.95 bits per heavy atom. The Kier molecular flexibility index (Phi) is 2.26. The third-order valence-electron chi connectivity index (χ3n) is 3.23. The number of fused-ring (bicyclic) bond motifs is 2. The first kappa shape index (κ1) is 11.0. The second-order valence-corrected chi connectivity index (χ2v) is 4.70. The molecule has 0 amide bonds. The van der Waals surface area contributed by atoms with E-state index in [9.17, 15) is 0 Å². The Balaban J connectivity index is 2.01. The molecule has 0 saturated carbocycles. The first-order valence-electron chi connectivity index (χ1n) is 6.34. The van der Waals surface area contributed by atoms with Crippen molar-refractivity contribution in [2.75, 3.05) is 0 Å². The predicted molar refractivity (Wildman–Crippen MR) is 77.2 cm³/mol. The Bertz CT molecular complexity index is 921. The zero-order chi connectivity index (χ0) is 13.5. The fourth-order valence-electron chi connectivity index (χ4n) is 2.32. The molecule has 0 unspecified atom stereocenters. The van der Waals surface area contributed by atoms with E-state index < -0.39 is 0 Å². The summed E-state index contributed by atoms with van der Waals surface area (Å²) in [6, 6.07) is 7.92. The summed E-state index contributed by atoms with van der Waals surface area (Å²) in [5.74, 6) is 0.768. The number of benzene rings is 1. The number of nitrogens with zero attached hydrogens (tertiary/aromatic N) is 4. The van der Waals surface area contributed by atoms with Gasteiger partial charge in [0.1, 0.15) is 5.82 Å². The van der Waals surface area contributed by atoms with Crippen LogP contribution in [0, 0.1) is 6.92 Å². The topological polar surface area (TPSA) is 67.3 Å². The second kappa shape index (κ2) is 4.09. The third-order valence-corrected chi connectivity index (χ3v) is 3.23. The number of H-pyrrole nitrogens is 1. The van der Waals surface area contributed by atoms with E-state index in [-0.39, 0.29) is 0 Å². The number of aromatic nitrogens is 5. The van der Waals surface area contributed by atoms with Gasteiger partial charge in [0.25, 0.3) is 0 Å². The van der Waals surface area contributed by atoms with E-state index in [4.69, 9.17) is 0 Å². The molecule has 96 valence electrons. The van der Waals surface area contributed by atoms with E-state index in [2.05, 4.69) is 24.9 Å². The highest BCUT2D eigenvalue weighted by molar-refractivity contribution is 5.91. The van der Waals surface area contributed by atoms with Crippen LogP contribution in [0.25, 0.3) is 33.6 Å². The molecule has 1 aromatic carbocycles. The standard InChI is InChI=1S/C15H11N5/c1-9-7-12-15(18-8-9)20-14(19-12)10-3-2-4-11-13(10)17-6-5-16-11/h2-8H,1H3,(H,18,19,20). The van der Waals surface area contributed by atoms with E-state index in [1.807, 2.05) is 37.4 Å². The summed E-state index contributed by atoms with van der Waals surface area (Å²) in [4.78, 5) is 20.9. The van der Waals surface area contributed by atoms with Gasteiger partial charge in [0, 0.05) is 24.2 Å². The van der Waals surface area contributed by atoms with Gasteiger partial charge < -0.3 is 4.98 Å². The molecule has 0 aliphatic heterocycles. The average molecular weight is 261 g/mol. The number of hydrogen-bond acceptors (Lipinski definition) is 4. The van der Waals surface area contributed by atoms with E-state index in [1.54, 1.807) is 12.4 Å². The van der Waals surface area contributed by atoms with Gasteiger partial charge in [-0.3, -0.25) is 9.97 Å². The largest absolute Gasteiger partial charge is 0.336 e. The summed E-state index contributed by atoms with van der Waals surface area (Å²) in [6.45, 7) is 2.01. The molecule has 1 N–H and O–H groups in total. The lowest BCUT2D eigenvalue weighted by Gasteiger charge is -2.01. The predicted octanol–water partition coefficient (Wildman–Crippen LogP) is 2.88. The summed E-state index contributed by atoms with van der Waals surface area (Å²) in [5, 5.41) is 0. The van der Waals surface area contributed by atoms with Crippen LogP contribution in [0.15, 0.2) is 42.9 Å². The number of para-hydroxylation sites is 1. The van der Waals surface area contributed by atoms with Gasteiger partial charge in [-0.1, -0.05) is 6.07 Å². The molecule has 0 fully saturated rings. The molecule has 0 aliphatic rings. The first-order chi connectivity index (χ1) is 9.81. The van der Waals surface area contributed by atoms with E-state index in [1.165, 1.54) is 0 Å². The van der Waals surface area contributed by atoms with Crippen molar-refractivity contribution in [2.45, 2.75) is 6.92 Å². The molecule has 4 rings (SSSR count). The summed E-state index contributed by atoms with van der Waals surface area (Å²) < 4.78 is 0. The molecule has 20 heavy (non-hydrogen) atoms. The minimum absolute atomic E-state index is 0.714. The highest BCUT2D eigenvalue weighted by Crippen LogP contribution is 2.25. The normalized spacial score (nSPS) is 11.2. The Hall–Kier alpha value is -2.82. The van der Waals surface area contributed by atoms with Gasteiger partial charge in [0.05, 0.1) is 16.6 Å². The van der Waals surface area contributed by atoms with Crippen LogP contribution in [-0.4, -0.2) is 24.9 Å². The van der Waals surface area contributed by atoms with Crippen LogP contribution >= 0.6 is 0 Å². The fraction of sp³-hybridized carbons (Fsp3) is 0.0667. The maximum atomic E-state index is 4.54. The van der Waals surface area contributed by atoms with Crippen molar-refractivity contribution in [3.05, 3.63) is 48.4 Å². The molecular formula is C15H11N5. The molecule has 0 bridgehead atoms. The van der Waals surface area contributed by atoms with Crippen molar-refractivity contribution in [2.24, 2.45) is 0 Å². The zero-order valence-electron chi connectivity index (χ0n) is 10.8. The van der Waals surface area contributed by atoms with Gasteiger partial charge in [-0.05, 0) is 30.7 Å². The van der Waals surface area contributed by atoms with Crippen LogP contribution in [0.5, 0.6) is 0 Å². The molecule has 5 heteroatoms. The number of imidazole rings is 1. The molecule has 0 spiro atoms. The molecular weight excluding hydrogens is 250 g/mol. The van der Waals surface area contributed by atoms with E-state index in [0.29, 0.717) is 5.65 Å². The molecule has 0 atom stereocenters. The van der Waals surface area contributed by atoms with E-state index in [0.717, 1.165) is 33.5 Å². The van der Waals surface area contributed by atoms with Gasteiger partial charge in [0.15, 0.2) is 5.65 Å². The number of rotatable bonds is 1. The van der Waals surface area contributed by atoms with Crippen LogP contribution in [0.2, 0.25) is 0 Å². The van der Waals surface area contributed by atoms with Gasteiger partial charge in [0.2, 0.25) is 0 Å². The van der Waals surface area contributed by atoms with Crippen molar-refractivity contribution in [1.82, 2.24) is 24.9 Å². The minimum atomic E-state index is 0.714. The molecule has 0 saturated heterocycles. The van der Waals surface area contributed by atoms with E-state index >= 15 is 0 Å². The number of pyridine rings is 1. The SMILES string of the molecule is Cc1cnc2nc(-c3cccc4nccnc34)[nH]c2c1. The lowest BCUT2D eigenvalue weighted by atomic mass is 10.1. The monoisotopic (exact) mass is 261 g/mol. The Morgan fingerprint density at radius 3 is 2.90 bits per heavy atom. The summed E-state index contributed by atoms with van der Waals surface area (Å²) >= 11 is 0. The lowest BCUT2D eigenvalue weighted by Crippen LogP contribution is -1.88. The third kappa shape index (κ3) is 1.64. The smallest absolute Gasteiger partial charge is 0.178 e. The minimum Gasteiger partial charge on any atom is -0.336 e. The van der Waals surface area contributed by atoms with Crippen LogP contribution in [0.4, 0.5) is 0 Å². The van der Waals surface area contributed by atoms with Crippen molar-refractivity contribution in [3.8, 4) is 11.4 Å². The molecule has 3 aromatic heterocycles. The Morgan fingerprint density at radius 1 is 1.05 bits per heavy atom. The molecule has 5 nitrogen and oxygen atoms in total. The maximum Gasteiger partial charge on any atom is 0.178 e. The van der Waals surface area contributed by atoms with Crippen molar-refractivity contribution < 1.29 is 0 Å². The number of aromatic amines is 1. The number of hydrogen-bond donors (Lipinski definition) is 1. The molecule has 3 heterocycles. The van der Waals surface area contributed by atoms with Gasteiger partial charge in [-0.15, -0.1) is 0 Å². The van der Waals surface area contributed by atoms with Crippen LogP contribution in [0.3, 0.4) is 0 Å². The molecule has 0 aliphatic carbocycles. The summed E-state index contributed by atoms with van der Waals surface area (Å²) in [5.41, 5.74) is 5.38. The van der Waals surface area contributed by atoms with Crippen LogP contribution in [-0.2, 0) is 0 Å². The van der Waals surface area contributed by atoms with Gasteiger partial charge in [-0.25, -0.2) is 9.97 Å². The van der Waals surface area contributed by atoms with Gasteiger partial charge in [-0.2, -0.15) is 0 Å². The molecule has 4 aromatic rings. The molecule has 0 radical (unpaired) electrons. The van der Waals surface area contributed by atoms with Gasteiger partial charge >= 0.3 is 0 Å². The number of nitrogens with one attached hydrogen (secondary N) is 1. The first-order valence-corrected chi connectivity index (χ1v) is 6.34. The maximum absolute atomic E-state index is 4.54. The Labute approximate surface area is 114 Å². The zero-order valence-corrected chi connectivity index (χ0v) is 10.8. The average Bonchev–Trinajstić information content (AvgIpc) is 2.89. The van der Waals surface area contributed by atoms with Crippen molar-refractivity contribution in [1.29, 1.82) is 0 Å². The van der Waals surface area contributed by atoms with Crippen LogP contribution < -0.4 is 0 Å².